The highest BCUT2D eigenvalue weighted by molar-refractivity contribution is 6.03. The Balaban J connectivity index is 1.83. The standard InChI is InChI=1S/C24H24N4O4/c1-5-8-32-19-11-20-18(13-26-23(20)27-14-19)9-17(12-25)24(29)28-15(2)16-6-7-21(30-3)22(10-16)31-4/h5-7,9-11,13-15H,1,8H2,2-4H3,(H,26,27)(H,28,29). The highest BCUT2D eigenvalue weighted by Crippen LogP contribution is 2.30. The zero-order valence-corrected chi connectivity index (χ0v) is 18.1. The molecule has 8 nitrogen and oxygen atoms in total. The Kier molecular flexibility index (Phi) is 7.13. The number of methoxy groups -OCH3 is 2. The summed E-state index contributed by atoms with van der Waals surface area (Å²) in [5.74, 6) is 1.23. The minimum atomic E-state index is -0.490. The van der Waals surface area contributed by atoms with Crippen molar-refractivity contribution in [3.63, 3.8) is 0 Å². The molecule has 0 radical (unpaired) electrons. The van der Waals surface area contributed by atoms with Gasteiger partial charge < -0.3 is 24.5 Å². The van der Waals surface area contributed by atoms with Crippen LogP contribution in [-0.2, 0) is 4.79 Å². The highest BCUT2D eigenvalue weighted by atomic mass is 16.5. The van der Waals surface area contributed by atoms with Gasteiger partial charge in [-0.25, -0.2) is 4.98 Å². The summed E-state index contributed by atoms with van der Waals surface area (Å²) >= 11 is 0. The predicted molar refractivity (Wildman–Crippen MR) is 121 cm³/mol. The van der Waals surface area contributed by atoms with Crippen molar-refractivity contribution in [1.29, 1.82) is 5.26 Å². The van der Waals surface area contributed by atoms with Crippen molar-refractivity contribution < 1.29 is 19.0 Å². The molecule has 32 heavy (non-hydrogen) atoms. The van der Waals surface area contributed by atoms with Crippen molar-refractivity contribution in [1.82, 2.24) is 15.3 Å². The number of amides is 1. The number of carbonyl (C=O) groups excluding carboxylic acids is 1. The zero-order chi connectivity index (χ0) is 23.1. The Morgan fingerprint density at radius 3 is 2.78 bits per heavy atom. The number of nitrogens with zero attached hydrogens (tertiary/aromatic N) is 2. The van der Waals surface area contributed by atoms with Gasteiger partial charge in [0.05, 0.1) is 26.5 Å². The van der Waals surface area contributed by atoms with Crippen LogP contribution in [0.1, 0.15) is 24.1 Å². The maximum Gasteiger partial charge on any atom is 0.262 e. The van der Waals surface area contributed by atoms with Crippen molar-refractivity contribution in [2.45, 2.75) is 13.0 Å². The van der Waals surface area contributed by atoms with Gasteiger partial charge in [-0.05, 0) is 36.8 Å². The van der Waals surface area contributed by atoms with E-state index < -0.39 is 5.91 Å². The molecule has 1 unspecified atom stereocenters. The van der Waals surface area contributed by atoms with E-state index in [1.54, 1.807) is 50.9 Å². The number of hydrogen-bond acceptors (Lipinski definition) is 6. The maximum absolute atomic E-state index is 12.8. The number of hydrogen-bond donors (Lipinski definition) is 2. The normalized spacial score (nSPS) is 12.0. The number of aromatic amines is 1. The van der Waals surface area contributed by atoms with Crippen LogP contribution in [0.4, 0.5) is 0 Å². The average Bonchev–Trinajstić information content (AvgIpc) is 3.22. The van der Waals surface area contributed by atoms with E-state index in [2.05, 4.69) is 21.9 Å². The minimum absolute atomic E-state index is 0.0318. The molecule has 0 saturated heterocycles. The number of rotatable bonds is 9. The molecule has 0 aliphatic rings. The molecule has 2 N–H and O–H groups in total. The SMILES string of the molecule is C=CCOc1cnc2[nH]cc(C=C(C#N)C(=O)NC(C)c3ccc(OC)c(OC)c3)c2c1. The highest BCUT2D eigenvalue weighted by Gasteiger charge is 2.17. The second-order valence-corrected chi connectivity index (χ2v) is 6.89. The van der Waals surface area contributed by atoms with Crippen LogP contribution in [0.5, 0.6) is 17.2 Å². The summed E-state index contributed by atoms with van der Waals surface area (Å²) in [6.07, 6.45) is 6.45. The third kappa shape index (κ3) is 4.90. The lowest BCUT2D eigenvalue weighted by molar-refractivity contribution is -0.117. The molecule has 0 bridgehead atoms. The van der Waals surface area contributed by atoms with Gasteiger partial charge in [0.2, 0.25) is 0 Å². The van der Waals surface area contributed by atoms with E-state index in [-0.39, 0.29) is 11.6 Å². The Hall–Kier alpha value is -4.25. The van der Waals surface area contributed by atoms with Gasteiger partial charge >= 0.3 is 0 Å². The van der Waals surface area contributed by atoms with E-state index in [0.29, 0.717) is 35.1 Å². The molecule has 0 fully saturated rings. The summed E-state index contributed by atoms with van der Waals surface area (Å²) in [7, 11) is 3.10. The number of nitriles is 1. The lowest BCUT2D eigenvalue weighted by Gasteiger charge is -2.16. The topological polar surface area (TPSA) is 109 Å². The maximum atomic E-state index is 12.8. The molecule has 2 heterocycles. The van der Waals surface area contributed by atoms with E-state index in [9.17, 15) is 10.1 Å². The second kappa shape index (κ2) is 10.2. The summed E-state index contributed by atoms with van der Waals surface area (Å²) in [6.45, 7) is 5.80. The number of nitrogens with one attached hydrogen (secondary N) is 2. The molecule has 8 heteroatoms. The zero-order valence-electron chi connectivity index (χ0n) is 18.1. The van der Waals surface area contributed by atoms with Crippen molar-refractivity contribution >= 4 is 23.0 Å². The van der Waals surface area contributed by atoms with Crippen molar-refractivity contribution in [2.75, 3.05) is 20.8 Å². The van der Waals surface area contributed by atoms with E-state index in [1.165, 1.54) is 6.08 Å². The van der Waals surface area contributed by atoms with Gasteiger partial charge in [-0.15, -0.1) is 0 Å². The van der Waals surface area contributed by atoms with E-state index in [0.717, 1.165) is 10.9 Å². The molecular formula is C24H24N4O4. The summed E-state index contributed by atoms with van der Waals surface area (Å²) in [5, 5.41) is 13.2. The van der Waals surface area contributed by atoms with Crippen LogP contribution in [0, 0.1) is 11.3 Å². The van der Waals surface area contributed by atoms with E-state index in [4.69, 9.17) is 14.2 Å². The third-order valence-corrected chi connectivity index (χ3v) is 4.83. The second-order valence-electron chi connectivity index (χ2n) is 6.89. The quantitative estimate of drug-likeness (QED) is 0.301. The third-order valence-electron chi connectivity index (χ3n) is 4.83. The molecule has 2 aromatic heterocycles. The predicted octanol–water partition coefficient (Wildman–Crippen LogP) is 3.93. The molecule has 3 aromatic rings. The van der Waals surface area contributed by atoms with Gasteiger partial charge in [0.25, 0.3) is 5.91 Å². The summed E-state index contributed by atoms with van der Waals surface area (Å²) in [6, 6.07) is 8.80. The molecular weight excluding hydrogens is 408 g/mol. The van der Waals surface area contributed by atoms with Gasteiger partial charge in [0, 0.05) is 17.1 Å². The van der Waals surface area contributed by atoms with Gasteiger partial charge in [-0.2, -0.15) is 5.26 Å². The first kappa shape index (κ1) is 22.4. The van der Waals surface area contributed by atoms with Crippen molar-refractivity contribution in [3.8, 4) is 23.3 Å². The number of carbonyl (C=O) groups is 1. The fraction of sp³-hybridized carbons (Fsp3) is 0.208. The number of H-pyrrole nitrogens is 1. The van der Waals surface area contributed by atoms with Crippen LogP contribution in [0.3, 0.4) is 0 Å². The molecule has 0 aliphatic carbocycles. The minimum Gasteiger partial charge on any atom is -0.493 e. The van der Waals surface area contributed by atoms with Crippen LogP contribution < -0.4 is 19.5 Å². The summed E-state index contributed by atoms with van der Waals surface area (Å²) in [4.78, 5) is 20.1. The fourth-order valence-corrected chi connectivity index (χ4v) is 3.14. The van der Waals surface area contributed by atoms with E-state index >= 15 is 0 Å². The number of benzene rings is 1. The summed E-state index contributed by atoms with van der Waals surface area (Å²) < 4.78 is 16.1. The number of pyridine rings is 1. The molecule has 1 amide bonds. The lowest BCUT2D eigenvalue weighted by Crippen LogP contribution is -2.27. The first-order chi connectivity index (χ1) is 15.5. The Bertz CT molecular complexity index is 1210. The molecule has 1 aromatic carbocycles. The van der Waals surface area contributed by atoms with Gasteiger partial charge in [0.15, 0.2) is 11.5 Å². The van der Waals surface area contributed by atoms with Gasteiger partial charge in [0.1, 0.15) is 29.6 Å². The number of aromatic nitrogens is 2. The molecule has 0 saturated carbocycles. The summed E-state index contributed by atoms with van der Waals surface area (Å²) in [5.41, 5.74) is 2.06. The van der Waals surface area contributed by atoms with Crippen molar-refractivity contribution in [2.24, 2.45) is 0 Å². The van der Waals surface area contributed by atoms with Crippen LogP contribution >= 0.6 is 0 Å². The van der Waals surface area contributed by atoms with Crippen molar-refractivity contribution in [3.05, 3.63) is 66.0 Å². The number of ether oxygens (including phenoxy) is 3. The monoisotopic (exact) mass is 432 g/mol. The smallest absolute Gasteiger partial charge is 0.262 e. The van der Waals surface area contributed by atoms with Gasteiger partial charge in [-0.1, -0.05) is 18.7 Å². The Morgan fingerprint density at radius 2 is 2.09 bits per heavy atom. The molecule has 3 rings (SSSR count). The first-order valence-electron chi connectivity index (χ1n) is 9.86. The fourth-order valence-electron chi connectivity index (χ4n) is 3.14. The lowest BCUT2D eigenvalue weighted by atomic mass is 10.1. The van der Waals surface area contributed by atoms with E-state index in [1.807, 2.05) is 19.1 Å². The van der Waals surface area contributed by atoms with Crippen LogP contribution in [0.15, 0.2) is 54.9 Å². The Labute approximate surface area is 186 Å². The molecule has 0 aliphatic heterocycles. The first-order valence-corrected chi connectivity index (χ1v) is 9.86. The van der Waals surface area contributed by atoms with Crippen LogP contribution in [-0.4, -0.2) is 36.7 Å². The van der Waals surface area contributed by atoms with Gasteiger partial charge in [-0.3, -0.25) is 4.79 Å². The van der Waals surface area contributed by atoms with Crippen LogP contribution in [0.25, 0.3) is 17.1 Å². The molecule has 164 valence electrons. The van der Waals surface area contributed by atoms with Crippen LogP contribution in [0.2, 0.25) is 0 Å². The Morgan fingerprint density at radius 1 is 1.31 bits per heavy atom. The molecule has 1 atom stereocenters. The molecule has 0 spiro atoms. The average molecular weight is 432 g/mol. The largest absolute Gasteiger partial charge is 0.493 e. The number of fused-ring (bicyclic) bond motifs is 1.